The highest BCUT2D eigenvalue weighted by molar-refractivity contribution is 5.73. The van der Waals surface area contributed by atoms with Gasteiger partial charge in [-0.2, -0.15) is 0 Å². The Balaban J connectivity index is 3.01. The van der Waals surface area contributed by atoms with Crippen LogP contribution < -0.4 is 15.4 Å². The zero-order chi connectivity index (χ0) is 22.6. The Kier molecular flexibility index (Phi) is 11.8. The Labute approximate surface area is 182 Å². The number of aliphatic hydroxyl groups is 2. The van der Waals surface area contributed by atoms with E-state index >= 15 is 0 Å². The molecule has 0 aliphatic heterocycles. The summed E-state index contributed by atoms with van der Waals surface area (Å²) in [6.07, 6.45) is 5.58. The maximum absolute atomic E-state index is 11.2. The Bertz CT molecular complexity index is 624. The van der Waals surface area contributed by atoms with Crippen molar-refractivity contribution < 1.29 is 19.7 Å². The van der Waals surface area contributed by atoms with Gasteiger partial charge < -0.3 is 25.6 Å². The molecule has 0 spiro atoms. The van der Waals surface area contributed by atoms with Crippen LogP contribution in [0.1, 0.15) is 64.9 Å². The minimum atomic E-state index is -0.244. The number of rotatable bonds is 16. The molecule has 1 aromatic carbocycles. The van der Waals surface area contributed by atoms with Gasteiger partial charge in [0.05, 0.1) is 12.8 Å². The van der Waals surface area contributed by atoms with Crippen LogP contribution in [0.5, 0.6) is 5.75 Å². The molecular formula is C24H42N2O4. The second kappa shape index (κ2) is 13.5. The van der Waals surface area contributed by atoms with E-state index in [1.165, 1.54) is 5.56 Å². The molecule has 0 aromatic heterocycles. The molecule has 0 heterocycles. The van der Waals surface area contributed by atoms with Gasteiger partial charge in [-0.1, -0.05) is 26.8 Å². The summed E-state index contributed by atoms with van der Waals surface area (Å²) in [7, 11) is 1.69. The maximum Gasteiger partial charge on any atom is 0.217 e. The fourth-order valence-corrected chi connectivity index (χ4v) is 4.26. The third kappa shape index (κ3) is 9.81. The molecule has 30 heavy (non-hydrogen) atoms. The minimum Gasteiger partial charge on any atom is -0.495 e. The lowest BCUT2D eigenvalue weighted by Gasteiger charge is -2.30. The van der Waals surface area contributed by atoms with E-state index in [4.69, 9.17) is 20.7 Å². The number of hydrogen-bond donors (Lipinski definition) is 3. The zero-order valence-corrected chi connectivity index (χ0v) is 19.3. The third-order valence-electron chi connectivity index (χ3n) is 5.39. The maximum atomic E-state index is 11.2. The Hall–Kier alpha value is -1.79. The van der Waals surface area contributed by atoms with Crippen LogP contribution in [-0.4, -0.2) is 49.5 Å². The number of anilines is 1. The van der Waals surface area contributed by atoms with Gasteiger partial charge in [0.25, 0.3) is 0 Å². The van der Waals surface area contributed by atoms with Crippen LogP contribution in [0.15, 0.2) is 18.2 Å². The molecule has 4 N–H and O–H groups in total. The number of carbonyl (C=O) groups is 1. The first-order chi connectivity index (χ1) is 14.2. The van der Waals surface area contributed by atoms with E-state index < -0.39 is 0 Å². The van der Waals surface area contributed by atoms with Gasteiger partial charge in [-0.15, -0.1) is 0 Å². The first-order valence-electron chi connectivity index (χ1n) is 11.1. The molecule has 172 valence electrons. The number of ether oxygens (including phenoxy) is 1. The van der Waals surface area contributed by atoms with E-state index in [1.807, 2.05) is 6.07 Å². The lowest BCUT2D eigenvalue weighted by atomic mass is 9.77. The van der Waals surface area contributed by atoms with Gasteiger partial charge in [0.15, 0.2) is 0 Å². The first kappa shape index (κ1) is 26.2. The highest BCUT2D eigenvalue weighted by Gasteiger charge is 2.23. The fourth-order valence-electron chi connectivity index (χ4n) is 4.26. The zero-order valence-electron chi connectivity index (χ0n) is 19.3. The molecule has 0 saturated heterocycles. The predicted octanol–water partition coefficient (Wildman–Crippen LogP) is 3.52. The van der Waals surface area contributed by atoms with Crippen LogP contribution in [0.4, 0.5) is 5.69 Å². The smallest absolute Gasteiger partial charge is 0.217 e. The molecule has 0 saturated carbocycles. The van der Waals surface area contributed by atoms with E-state index in [-0.39, 0.29) is 30.5 Å². The number of carbonyl (C=O) groups excluding carboxylic acids is 1. The summed E-state index contributed by atoms with van der Waals surface area (Å²) in [5.74, 6) is 0.849. The molecular weight excluding hydrogens is 380 g/mol. The average molecular weight is 423 g/mol. The van der Waals surface area contributed by atoms with Crippen LogP contribution in [0.3, 0.4) is 0 Å². The van der Waals surface area contributed by atoms with Crippen molar-refractivity contribution in [3.63, 3.8) is 0 Å². The number of aliphatic hydroxyl groups excluding tert-OH is 2. The van der Waals surface area contributed by atoms with Crippen LogP contribution in [0, 0.1) is 11.3 Å². The molecule has 1 aromatic rings. The second-order valence-corrected chi connectivity index (χ2v) is 9.18. The number of hydrogen-bond acceptors (Lipinski definition) is 5. The summed E-state index contributed by atoms with van der Waals surface area (Å²) in [6.45, 7) is 8.60. The number of unbranched alkanes of at least 4 members (excludes halogenated alkanes) is 2. The Morgan fingerprint density at radius 2 is 1.73 bits per heavy atom. The van der Waals surface area contributed by atoms with Gasteiger partial charge in [-0.25, -0.2) is 0 Å². The van der Waals surface area contributed by atoms with Gasteiger partial charge in [0.1, 0.15) is 5.75 Å². The molecule has 6 nitrogen and oxygen atoms in total. The highest BCUT2D eigenvalue weighted by atomic mass is 16.5. The van der Waals surface area contributed by atoms with Crippen molar-refractivity contribution >= 4 is 11.6 Å². The van der Waals surface area contributed by atoms with E-state index in [1.54, 1.807) is 7.11 Å². The van der Waals surface area contributed by atoms with Crippen molar-refractivity contribution in [2.24, 2.45) is 17.1 Å². The number of nitrogens with two attached hydrogens (primary N) is 1. The van der Waals surface area contributed by atoms with Gasteiger partial charge in [0.2, 0.25) is 5.91 Å². The Morgan fingerprint density at radius 3 is 2.23 bits per heavy atom. The first-order valence-corrected chi connectivity index (χ1v) is 11.1. The van der Waals surface area contributed by atoms with Gasteiger partial charge in [-0.3, -0.25) is 4.79 Å². The molecule has 1 unspecified atom stereocenters. The predicted molar refractivity (Wildman–Crippen MR) is 123 cm³/mol. The van der Waals surface area contributed by atoms with Crippen molar-refractivity contribution in [3.8, 4) is 5.75 Å². The summed E-state index contributed by atoms with van der Waals surface area (Å²) >= 11 is 0. The number of primary amides is 1. The number of nitrogens with zero attached hydrogens (tertiary/aromatic N) is 1. The number of methoxy groups -OCH3 is 1. The van der Waals surface area contributed by atoms with Gasteiger partial charge in [-0.05, 0) is 67.6 Å². The highest BCUT2D eigenvalue weighted by Crippen LogP contribution is 2.35. The van der Waals surface area contributed by atoms with Crippen LogP contribution in [-0.2, 0) is 11.2 Å². The molecule has 6 heteroatoms. The Morgan fingerprint density at radius 1 is 1.13 bits per heavy atom. The SMILES string of the molecule is COc1ccc(CC(C)(C)CC(C)CC(N)=O)cc1N(CCCCO)CCCCO. The van der Waals surface area contributed by atoms with Crippen LogP contribution in [0.25, 0.3) is 0 Å². The average Bonchev–Trinajstić information content (AvgIpc) is 2.65. The summed E-state index contributed by atoms with van der Waals surface area (Å²) in [4.78, 5) is 13.5. The minimum absolute atomic E-state index is 0.0410. The lowest BCUT2D eigenvalue weighted by Crippen LogP contribution is -2.27. The quantitative estimate of drug-likeness (QED) is 0.354. The topological polar surface area (TPSA) is 96.0 Å². The second-order valence-electron chi connectivity index (χ2n) is 9.18. The molecule has 1 amide bonds. The van der Waals surface area contributed by atoms with Gasteiger partial charge in [0, 0.05) is 32.7 Å². The van der Waals surface area contributed by atoms with Gasteiger partial charge >= 0.3 is 0 Å². The van der Waals surface area contributed by atoms with Crippen molar-refractivity contribution in [3.05, 3.63) is 23.8 Å². The van der Waals surface area contributed by atoms with Crippen molar-refractivity contribution in [1.82, 2.24) is 0 Å². The molecule has 1 atom stereocenters. The standard InChI is InChI=1S/C24H42N2O4/c1-19(15-23(25)29)17-24(2,3)18-20-9-10-22(30-4)21(16-20)26(11-5-7-13-27)12-6-8-14-28/h9-10,16,19,27-28H,5-8,11-15,17-18H2,1-4H3,(H2,25,29). The summed E-state index contributed by atoms with van der Waals surface area (Å²) in [5.41, 5.74) is 7.70. The normalized spacial score (nSPS) is 12.6. The van der Waals surface area contributed by atoms with Crippen LogP contribution >= 0.6 is 0 Å². The summed E-state index contributed by atoms with van der Waals surface area (Å²) < 4.78 is 5.64. The van der Waals surface area contributed by atoms with Crippen molar-refractivity contribution in [1.29, 1.82) is 0 Å². The monoisotopic (exact) mass is 422 g/mol. The molecule has 0 aliphatic rings. The van der Waals surface area contributed by atoms with E-state index in [0.29, 0.717) is 6.42 Å². The van der Waals surface area contributed by atoms with Crippen molar-refractivity contribution in [2.45, 2.75) is 65.7 Å². The summed E-state index contributed by atoms with van der Waals surface area (Å²) in [5, 5.41) is 18.3. The van der Waals surface area contributed by atoms with Crippen LogP contribution in [0.2, 0.25) is 0 Å². The molecule has 0 aliphatic carbocycles. The molecule has 0 bridgehead atoms. The number of amides is 1. The lowest BCUT2D eigenvalue weighted by molar-refractivity contribution is -0.118. The molecule has 0 fully saturated rings. The van der Waals surface area contributed by atoms with E-state index in [2.05, 4.69) is 37.8 Å². The van der Waals surface area contributed by atoms with Crippen molar-refractivity contribution in [2.75, 3.05) is 38.3 Å². The largest absolute Gasteiger partial charge is 0.495 e. The molecule has 1 rings (SSSR count). The summed E-state index contributed by atoms with van der Waals surface area (Å²) in [6, 6.07) is 6.35. The van der Waals surface area contributed by atoms with E-state index in [9.17, 15) is 4.79 Å². The molecule has 0 radical (unpaired) electrons. The number of benzene rings is 1. The fraction of sp³-hybridized carbons (Fsp3) is 0.708. The van der Waals surface area contributed by atoms with E-state index in [0.717, 1.165) is 63.1 Å². The third-order valence-corrected chi connectivity index (χ3v) is 5.39.